The second-order valence-electron chi connectivity index (χ2n) is 5.58. The van der Waals surface area contributed by atoms with E-state index in [0.29, 0.717) is 23.9 Å². The van der Waals surface area contributed by atoms with Crippen LogP contribution in [0.25, 0.3) is 0 Å². The maximum atomic E-state index is 12.4. The zero-order valence-corrected chi connectivity index (χ0v) is 13.3. The molecule has 1 fully saturated rings. The lowest BCUT2D eigenvalue weighted by Gasteiger charge is -2.20. The van der Waals surface area contributed by atoms with E-state index in [-0.39, 0.29) is 5.41 Å². The van der Waals surface area contributed by atoms with Crippen molar-refractivity contribution in [1.82, 2.24) is 10.0 Å². The van der Waals surface area contributed by atoms with Gasteiger partial charge in [0.15, 0.2) is 0 Å². The van der Waals surface area contributed by atoms with Crippen LogP contribution in [0, 0.1) is 11.3 Å². The summed E-state index contributed by atoms with van der Waals surface area (Å²) in [6.07, 6.45) is 2.25. The van der Waals surface area contributed by atoms with Crippen molar-refractivity contribution in [3.05, 3.63) is 16.3 Å². The average molecular weight is 302 g/mol. The van der Waals surface area contributed by atoms with Gasteiger partial charge in [0.1, 0.15) is 0 Å². The lowest BCUT2D eigenvalue weighted by Crippen LogP contribution is -2.33. The Bertz CT molecular complexity index is 531. The van der Waals surface area contributed by atoms with Crippen LogP contribution in [0.15, 0.2) is 16.3 Å². The molecule has 6 heteroatoms. The highest BCUT2D eigenvalue weighted by Gasteiger charge is 2.45. The molecule has 2 rings (SSSR count). The molecule has 0 spiro atoms. The monoisotopic (exact) mass is 302 g/mol. The zero-order chi connectivity index (χ0) is 14.1. The van der Waals surface area contributed by atoms with E-state index in [9.17, 15) is 8.42 Å². The standard InChI is InChI=1S/C13H22N2O2S2/c1-10(2)13(5-6-13)9-15-19(16,17)12-4-7-18-11(12)8-14-3/h4,7,10,14-15H,5-6,8-9H2,1-3H3. The van der Waals surface area contributed by atoms with E-state index >= 15 is 0 Å². The van der Waals surface area contributed by atoms with Gasteiger partial charge in [-0.1, -0.05) is 13.8 Å². The molecule has 0 radical (unpaired) electrons. The second-order valence-corrected chi connectivity index (χ2v) is 8.32. The lowest BCUT2D eigenvalue weighted by atomic mass is 9.93. The Morgan fingerprint density at radius 3 is 2.63 bits per heavy atom. The van der Waals surface area contributed by atoms with Crippen molar-refractivity contribution in [3.8, 4) is 0 Å². The summed E-state index contributed by atoms with van der Waals surface area (Å²) in [4.78, 5) is 1.29. The molecule has 4 nitrogen and oxygen atoms in total. The van der Waals surface area contributed by atoms with Gasteiger partial charge in [-0.15, -0.1) is 11.3 Å². The smallest absolute Gasteiger partial charge is 0.241 e. The third kappa shape index (κ3) is 3.18. The summed E-state index contributed by atoms with van der Waals surface area (Å²) in [5.74, 6) is 0.523. The third-order valence-electron chi connectivity index (χ3n) is 4.06. The van der Waals surface area contributed by atoms with Crippen molar-refractivity contribution in [2.45, 2.75) is 38.1 Å². The Kier molecular flexibility index (Phi) is 4.35. The summed E-state index contributed by atoms with van der Waals surface area (Å²) in [5.41, 5.74) is 0.187. The number of sulfonamides is 1. The molecule has 0 aliphatic heterocycles. The number of nitrogens with one attached hydrogen (secondary N) is 2. The second kappa shape index (κ2) is 5.52. The van der Waals surface area contributed by atoms with E-state index in [4.69, 9.17) is 0 Å². The molecular formula is C13H22N2O2S2. The molecule has 0 unspecified atom stereocenters. The molecule has 1 heterocycles. The van der Waals surface area contributed by atoms with Gasteiger partial charge < -0.3 is 5.32 Å². The van der Waals surface area contributed by atoms with Gasteiger partial charge in [-0.3, -0.25) is 0 Å². The fourth-order valence-electron chi connectivity index (χ4n) is 2.29. The van der Waals surface area contributed by atoms with E-state index in [2.05, 4.69) is 23.9 Å². The van der Waals surface area contributed by atoms with E-state index in [1.165, 1.54) is 11.3 Å². The van der Waals surface area contributed by atoms with E-state index in [0.717, 1.165) is 17.7 Å². The Balaban J connectivity index is 2.08. The molecular weight excluding hydrogens is 280 g/mol. The Morgan fingerprint density at radius 2 is 2.11 bits per heavy atom. The van der Waals surface area contributed by atoms with Crippen molar-refractivity contribution in [2.24, 2.45) is 11.3 Å². The van der Waals surface area contributed by atoms with Gasteiger partial charge in [0.25, 0.3) is 0 Å². The summed E-state index contributed by atoms with van der Waals surface area (Å²) < 4.78 is 27.5. The van der Waals surface area contributed by atoms with Crippen molar-refractivity contribution < 1.29 is 8.42 Å². The van der Waals surface area contributed by atoms with Gasteiger partial charge in [0.05, 0.1) is 4.90 Å². The van der Waals surface area contributed by atoms with Crippen molar-refractivity contribution in [3.63, 3.8) is 0 Å². The minimum Gasteiger partial charge on any atom is -0.315 e. The fourth-order valence-corrected chi connectivity index (χ4v) is 4.88. The molecule has 0 atom stereocenters. The van der Waals surface area contributed by atoms with Crippen molar-refractivity contribution in [1.29, 1.82) is 0 Å². The molecule has 0 bridgehead atoms. The van der Waals surface area contributed by atoms with Gasteiger partial charge in [0, 0.05) is 18.0 Å². The van der Waals surface area contributed by atoms with Gasteiger partial charge in [-0.2, -0.15) is 0 Å². The minimum atomic E-state index is -3.38. The molecule has 0 amide bonds. The normalized spacial score (nSPS) is 17.9. The van der Waals surface area contributed by atoms with Gasteiger partial charge in [0.2, 0.25) is 10.0 Å². The molecule has 1 aliphatic rings. The Hall–Kier alpha value is -0.430. The highest BCUT2D eigenvalue weighted by Crippen LogP contribution is 2.51. The summed E-state index contributed by atoms with van der Waals surface area (Å²) in [5, 5.41) is 4.83. The number of rotatable bonds is 7. The maximum absolute atomic E-state index is 12.4. The van der Waals surface area contributed by atoms with Crippen LogP contribution in [0.4, 0.5) is 0 Å². The fraction of sp³-hybridized carbons (Fsp3) is 0.692. The van der Waals surface area contributed by atoms with Crippen LogP contribution in [0.2, 0.25) is 0 Å². The van der Waals surface area contributed by atoms with Gasteiger partial charge in [-0.05, 0) is 42.7 Å². The summed E-state index contributed by atoms with van der Waals surface area (Å²) in [6.45, 7) is 5.47. The molecule has 0 aromatic carbocycles. The quantitative estimate of drug-likeness (QED) is 0.811. The molecule has 1 aromatic rings. The molecule has 19 heavy (non-hydrogen) atoms. The van der Waals surface area contributed by atoms with Crippen LogP contribution in [-0.4, -0.2) is 22.0 Å². The van der Waals surface area contributed by atoms with Crippen LogP contribution < -0.4 is 10.0 Å². The molecule has 1 aliphatic carbocycles. The summed E-state index contributed by atoms with van der Waals surface area (Å²) >= 11 is 1.47. The number of thiophene rings is 1. The summed E-state index contributed by atoms with van der Waals surface area (Å²) in [7, 11) is -1.56. The van der Waals surface area contributed by atoms with Gasteiger partial charge >= 0.3 is 0 Å². The van der Waals surface area contributed by atoms with Crippen LogP contribution in [0.1, 0.15) is 31.6 Å². The zero-order valence-electron chi connectivity index (χ0n) is 11.7. The largest absolute Gasteiger partial charge is 0.315 e. The third-order valence-corrected chi connectivity index (χ3v) is 6.60. The summed E-state index contributed by atoms with van der Waals surface area (Å²) in [6, 6.07) is 1.69. The molecule has 1 aromatic heterocycles. The number of hydrogen-bond acceptors (Lipinski definition) is 4. The van der Waals surface area contributed by atoms with E-state index in [1.807, 2.05) is 12.4 Å². The van der Waals surface area contributed by atoms with E-state index in [1.54, 1.807) is 6.07 Å². The van der Waals surface area contributed by atoms with Crippen molar-refractivity contribution >= 4 is 21.4 Å². The first-order valence-corrected chi connectivity index (χ1v) is 8.98. The van der Waals surface area contributed by atoms with Crippen LogP contribution in [0.3, 0.4) is 0 Å². The predicted octanol–water partition coefficient (Wildman–Crippen LogP) is 2.18. The molecule has 1 saturated carbocycles. The molecule has 0 saturated heterocycles. The predicted molar refractivity (Wildman–Crippen MR) is 78.8 cm³/mol. The van der Waals surface area contributed by atoms with Crippen LogP contribution >= 0.6 is 11.3 Å². The topological polar surface area (TPSA) is 58.2 Å². The van der Waals surface area contributed by atoms with Crippen LogP contribution in [-0.2, 0) is 16.6 Å². The minimum absolute atomic E-state index is 0.187. The number of hydrogen-bond donors (Lipinski definition) is 2. The highest BCUT2D eigenvalue weighted by molar-refractivity contribution is 7.89. The van der Waals surface area contributed by atoms with Crippen LogP contribution in [0.5, 0.6) is 0 Å². The average Bonchev–Trinajstić information content (AvgIpc) is 3.00. The molecule has 108 valence electrons. The first-order valence-electron chi connectivity index (χ1n) is 6.62. The van der Waals surface area contributed by atoms with Gasteiger partial charge in [-0.25, -0.2) is 13.1 Å². The van der Waals surface area contributed by atoms with Crippen molar-refractivity contribution in [2.75, 3.05) is 13.6 Å². The molecule has 2 N–H and O–H groups in total. The first kappa shape index (κ1) is 15.0. The maximum Gasteiger partial charge on any atom is 0.241 e. The first-order chi connectivity index (χ1) is 8.91. The Labute approximate surface area is 119 Å². The SMILES string of the molecule is CNCc1sccc1S(=O)(=O)NCC1(C(C)C)CC1. The Morgan fingerprint density at radius 1 is 1.42 bits per heavy atom. The van der Waals surface area contributed by atoms with E-state index < -0.39 is 10.0 Å². The lowest BCUT2D eigenvalue weighted by molar-refractivity contribution is 0.357. The highest BCUT2D eigenvalue weighted by atomic mass is 32.2.